The number of aliphatic hydroxyl groups excluding tert-OH is 1. The van der Waals surface area contributed by atoms with Crippen molar-refractivity contribution in [2.75, 3.05) is 31.7 Å². The lowest BCUT2D eigenvalue weighted by molar-refractivity contribution is 0.0456. The Balaban J connectivity index is 1.49. The first-order valence-corrected chi connectivity index (χ1v) is 14.1. The van der Waals surface area contributed by atoms with Crippen LogP contribution in [0.1, 0.15) is 66.9 Å². The molecule has 2 aliphatic carbocycles. The average molecular weight is 524 g/mol. The summed E-state index contributed by atoms with van der Waals surface area (Å²) < 4.78 is 11.5. The van der Waals surface area contributed by atoms with Crippen LogP contribution in [-0.4, -0.2) is 44.0 Å². The third kappa shape index (κ3) is 5.26. The van der Waals surface area contributed by atoms with E-state index in [4.69, 9.17) is 21.1 Å². The molecule has 0 amide bonds. The van der Waals surface area contributed by atoms with Crippen molar-refractivity contribution in [2.24, 2.45) is 11.8 Å². The quantitative estimate of drug-likeness (QED) is 0.339. The highest BCUT2D eigenvalue weighted by atomic mass is 35.5. The molecule has 1 N–H and O–H groups in total. The second-order valence-electron chi connectivity index (χ2n) is 11.0. The van der Waals surface area contributed by atoms with E-state index in [-0.39, 0.29) is 17.3 Å². The number of carbonyl (C=O) groups is 1. The van der Waals surface area contributed by atoms with Crippen molar-refractivity contribution in [1.29, 1.82) is 0 Å². The van der Waals surface area contributed by atoms with Gasteiger partial charge in [0.1, 0.15) is 5.75 Å². The van der Waals surface area contributed by atoms with E-state index in [1.165, 1.54) is 18.2 Å². The summed E-state index contributed by atoms with van der Waals surface area (Å²) in [6.07, 6.45) is 11.0. The molecule has 5 rings (SSSR count). The molecule has 6 heteroatoms. The zero-order valence-electron chi connectivity index (χ0n) is 21.9. The molecule has 1 fully saturated rings. The number of carbonyl (C=O) groups excluding carboxylic acids is 1. The number of rotatable bonds is 7. The molecule has 3 aliphatic rings. The smallest absolute Gasteiger partial charge is 0.337 e. The van der Waals surface area contributed by atoms with Gasteiger partial charge in [0.15, 0.2) is 0 Å². The lowest BCUT2D eigenvalue weighted by atomic mass is 9.68. The lowest BCUT2D eigenvalue weighted by Gasteiger charge is -2.45. The molecular weight excluding hydrogens is 486 g/mol. The molecule has 0 bridgehead atoms. The maximum atomic E-state index is 12.4. The van der Waals surface area contributed by atoms with Gasteiger partial charge in [0.05, 0.1) is 31.1 Å². The molecule has 37 heavy (non-hydrogen) atoms. The summed E-state index contributed by atoms with van der Waals surface area (Å²) in [7, 11) is 1.41. The summed E-state index contributed by atoms with van der Waals surface area (Å²) in [5.74, 6) is 1.07. The number of ether oxygens (including phenoxy) is 2. The Kier molecular flexibility index (Phi) is 7.83. The van der Waals surface area contributed by atoms with E-state index in [2.05, 4.69) is 30.0 Å². The van der Waals surface area contributed by atoms with Crippen molar-refractivity contribution in [3.8, 4) is 5.75 Å². The fourth-order valence-electron chi connectivity index (χ4n) is 6.46. The van der Waals surface area contributed by atoms with Gasteiger partial charge < -0.3 is 19.5 Å². The largest absolute Gasteiger partial charge is 0.490 e. The van der Waals surface area contributed by atoms with Gasteiger partial charge in [-0.1, -0.05) is 43.2 Å². The van der Waals surface area contributed by atoms with E-state index >= 15 is 0 Å². The number of aliphatic hydroxyl groups is 1. The second kappa shape index (κ2) is 11.1. The summed E-state index contributed by atoms with van der Waals surface area (Å²) in [5.41, 5.74) is 3.92. The number of hydrogen-bond donors (Lipinski definition) is 1. The zero-order chi connectivity index (χ0) is 26.0. The molecule has 1 aliphatic heterocycles. The normalized spacial score (nSPS) is 25.6. The van der Waals surface area contributed by atoms with Crippen LogP contribution in [0.3, 0.4) is 0 Å². The van der Waals surface area contributed by atoms with E-state index in [0.29, 0.717) is 18.1 Å². The number of anilines is 1. The van der Waals surface area contributed by atoms with Gasteiger partial charge in [-0.3, -0.25) is 0 Å². The molecule has 1 heterocycles. The number of aryl methyl sites for hydroxylation is 1. The minimum Gasteiger partial charge on any atom is -0.490 e. The first-order valence-electron chi connectivity index (χ1n) is 13.7. The molecule has 1 saturated carbocycles. The Morgan fingerprint density at radius 1 is 1.30 bits per heavy atom. The molecule has 198 valence electrons. The molecule has 4 atom stereocenters. The van der Waals surface area contributed by atoms with Gasteiger partial charge in [-0.2, -0.15) is 0 Å². The third-order valence-corrected chi connectivity index (χ3v) is 8.85. The van der Waals surface area contributed by atoms with Crippen LogP contribution in [0.4, 0.5) is 5.69 Å². The maximum absolute atomic E-state index is 12.4. The van der Waals surface area contributed by atoms with Gasteiger partial charge in [-0.05, 0) is 91.8 Å². The molecule has 1 spiro atoms. The van der Waals surface area contributed by atoms with Crippen LogP contribution in [0.2, 0.25) is 5.02 Å². The summed E-state index contributed by atoms with van der Waals surface area (Å²) in [4.78, 5) is 14.8. The summed E-state index contributed by atoms with van der Waals surface area (Å²) in [6, 6.07) is 11.9. The number of hydrogen-bond acceptors (Lipinski definition) is 5. The highest BCUT2D eigenvalue weighted by Gasteiger charge is 2.44. The van der Waals surface area contributed by atoms with E-state index in [0.717, 1.165) is 74.5 Å². The fraction of sp³-hybridized carbons (Fsp3) is 0.516. The van der Waals surface area contributed by atoms with E-state index < -0.39 is 6.10 Å². The number of nitrogens with zero attached hydrogens (tertiary/aromatic N) is 1. The zero-order valence-corrected chi connectivity index (χ0v) is 22.7. The van der Waals surface area contributed by atoms with Crippen molar-refractivity contribution in [2.45, 2.75) is 63.4 Å². The number of methoxy groups -OCH3 is 1. The number of allylic oxidation sites excluding steroid dienone is 1. The minimum atomic E-state index is -0.416. The van der Waals surface area contributed by atoms with Crippen LogP contribution < -0.4 is 9.64 Å². The first-order chi connectivity index (χ1) is 17.9. The van der Waals surface area contributed by atoms with Crippen molar-refractivity contribution in [3.05, 3.63) is 70.3 Å². The third-order valence-electron chi connectivity index (χ3n) is 8.62. The van der Waals surface area contributed by atoms with Crippen LogP contribution in [0.25, 0.3) is 0 Å². The Hall–Kier alpha value is -2.50. The van der Waals surface area contributed by atoms with Crippen LogP contribution in [0.5, 0.6) is 5.75 Å². The predicted octanol–water partition coefficient (Wildman–Crippen LogP) is 6.34. The summed E-state index contributed by atoms with van der Waals surface area (Å²) in [5, 5.41) is 11.7. The number of fused-ring (bicyclic) bond motifs is 3. The van der Waals surface area contributed by atoms with E-state index in [1.807, 2.05) is 24.3 Å². The number of benzene rings is 2. The highest BCUT2D eigenvalue weighted by Crippen LogP contribution is 2.46. The summed E-state index contributed by atoms with van der Waals surface area (Å²) >= 11 is 6.37. The minimum absolute atomic E-state index is 0.165. The Bertz CT molecular complexity index is 1160. The van der Waals surface area contributed by atoms with E-state index in [9.17, 15) is 9.90 Å². The monoisotopic (exact) mass is 523 g/mol. The predicted molar refractivity (Wildman–Crippen MR) is 148 cm³/mol. The Labute approximate surface area is 225 Å². The summed E-state index contributed by atoms with van der Waals surface area (Å²) in [6.45, 7) is 4.34. The standard InChI is InChI=1S/C31H38ClNO4/c1-3-4-5-8-28(34)25-12-9-23(25)18-33-19-31(15-6-7-21-16-24(32)11-13-26(21)31)20-37-29-14-10-22(17-27(29)33)30(35)36-2/h5,8,10-11,13-14,16-17,23,25,28,34H,3-4,6-7,9,12,15,18-20H2,1-2H3/b8-5+/t23-,25+,28-,31-/m0/s1. The van der Waals surface area contributed by atoms with Gasteiger partial charge in [-0.15, -0.1) is 0 Å². The van der Waals surface area contributed by atoms with Crippen molar-refractivity contribution >= 4 is 23.3 Å². The van der Waals surface area contributed by atoms with Gasteiger partial charge in [0.25, 0.3) is 0 Å². The average Bonchev–Trinajstić information content (AvgIpc) is 3.03. The highest BCUT2D eigenvalue weighted by molar-refractivity contribution is 6.30. The Morgan fingerprint density at radius 2 is 2.16 bits per heavy atom. The molecular formula is C31H38ClNO4. The molecule has 2 aromatic rings. The molecule has 2 aromatic carbocycles. The van der Waals surface area contributed by atoms with Crippen molar-refractivity contribution in [1.82, 2.24) is 0 Å². The van der Waals surface area contributed by atoms with Gasteiger partial charge in [-0.25, -0.2) is 4.79 Å². The number of esters is 1. The van der Waals surface area contributed by atoms with Crippen LogP contribution in [-0.2, 0) is 16.6 Å². The fourth-order valence-corrected chi connectivity index (χ4v) is 6.65. The number of unbranched alkanes of at least 4 members (excludes halogenated alkanes) is 1. The molecule has 5 nitrogen and oxygen atoms in total. The van der Waals surface area contributed by atoms with Crippen LogP contribution >= 0.6 is 11.6 Å². The Morgan fingerprint density at radius 3 is 2.92 bits per heavy atom. The van der Waals surface area contributed by atoms with Crippen molar-refractivity contribution < 1.29 is 19.4 Å². The van der Waals surface area contributed by atoms with Crippen molar-refractivity contribution in [3.63, 3.8) is 0 Å². The van der Waals surface area contributed by atoms with Gasteiger partial charge in [0.2, 0.25) is 0 Å². The molecule has 0 aromatic heterocycles. The molecule has 0 saturated heterocycles. The maximum Gasteiger partial charge on any atom is 0.337 e. The number of halogens is 1. The van der Waals surface area contributed by atoms with Crippen LogP contribution in [0.15, 0.2) is 48.6 Å². The topological polar surface area (TPSA) is 59.0 Å². The molecule has 0 radical (unpaired) electrons. The SMILES string of the molecule is CCC/C=C/[C@H](O)[C@@H]1CC[C@H]1CN1C[C@@]2(CCCc3cc(Cl)ccc32)COc2ccc(C(=O)OC)cc21. The van der Waals surface area contributed by atoms with Gasteiger partial charge in [0, 0.05) is 23.5 Å². The molecule has 0 unspecified atom stereocenters. The van der Waals surface area contributed by atoms with Gasteiger partial charge >= 0.3 is 5.97 Å². The first kappa shape index (κ1) is 26.1. The second-order valence-corrected chi connectivity index (χ2v) is 11.4. The van der Waals surface area contributed by atoms with E-state index in [1.54, 1.807) is 6.07 Å². The van der Waals surface area contributed by atoms with Crippen LogP contribution in [0, 0.1) is 11.8 Å². The lowest BCUT2D eigenvalue weighted by Crippen LogP contribution is -2.49.